The predicted octanol–water partition coefficient (Wildman–Crippen LogP) is 2.20. The van der Waals surface area contributed by atoms with Gasteiger partial charge in [0, 0.05) is 18.9 Å². The molecule has 0 saturated carbocycles. The minimum atomic E-state index is -0.746. The van der Waals surface area contributed by atoms with Crippen LogP contribution in [0, 0.1) is 5.82 Å². The van der Waals surface area contributed by atoms with Gasteiger partial charge in [-0.05, 0) is 43.3 Å². The minimum absolute atomic E-state index is 0.322. The van der Waals surface area contributed by atoms with E-state index in [1.807, 2.05) is 0 Å². The van der Waals surface area contributed by atoms with Gasteiger partial charge in [0.25, 0.3) is 5.91 Å². The van der Waals surface area contributed by atoms with Gasteiger partial charge in [-0.1, -0.05) is 0 Å². The summed E-state index contributed by atoms with van der Waals surface area (Å²) in [5.41, 5.74) is 0.833. The summed E-state index contributed by atoms with van der Waals surface area (Å²) in [6.45, 7) is 1.26. The van der Waals surface area contributed by atoms with Crippen molar-refractivity contribution in [3.05, 3.63) is 54.1 Å². The summed E-state index contributed by atoms with van der Waals surface area (Å²) in [6, 6.07) is 7.32. The average Bonchev–Trinajstić information content (AvgIpc) is 3.06. The smallest absolute Gasteiger partial charge is 0.332 e. The molecule has 1 aliphatic heterocycles. The van der Waals surface area contributed by atoms with E-state index in [0.717, 1.165) is 4.90 Å². The Labute approximate surface area is 138 Å². The summed E-state index contributed by atoms with van der Waals surface area (Å²) >= 11 is 0. The highest BCUT2D eigenvalue weighted by atomic mass is 19.1. The molecule has 1 aromatic carbocycles. The van der Waals surface area contributed by atoms with E-state index >= 15 is 0 Å². The lowest BCUT2D eigenvalue weighted by molar-refractivity contribution is -0.126. The molecule has 0 N–H and O–H groups in total. The fourth-order valence-electron chi connectivity index (χ4n) is 2.78. The number of nitrogens with zero attached hydrogens (tertiary/aromatic N) is 3. The first kappa shape index (κ1) is 15.9. The van der Waals surface area contributed by atoms with Gasteiger partial charge in [0.2, 0.25) is 0 Å². The third-order valence-electron chi connectivity index (χ3n) is 4.08. The van der Waals surface area contributed by atoms with Crippen molar-refractivity contribution in [2.24, 2.45) is 7.05 Å². The van der Waals surface area contributed by atoms with Crippen LogP contribution in [0.25, 0.3) is 0 Å². The van der Waals surface area contributed by atoms with E-state index in [1.165, 1.54) is 29.2 Å². The van der Waals surface area contributed by atoms with Crippen molar-refractivity contribution < 1.29 is 18.8 Å². The van der Waals surface area contributed by atoms with Gasteiger partial charge in [0.05, 0.1) is 12.2 Å². The topological polar surface area (TPSA) is 62.6 Å². The maximum atomic E-state index is 13.1. The molecule has 1 fully saturated rings. The quantitative estimate of drug-likeness (QED) is 0.638. The summed E-state index contributed by atoms with van der Waals surface area (Å²) in [4.78, 5) is 39.5. The van der Waals surface area contributed by atoms with Crippen molar-refractivity contribution in [2.75, 3.05) is 11.4 Å². The first-order valence-electron chi connectivity index (χ1n) is 7.45. The molecule has 2 aromatic rings. The van der Waals surface area contributed by atoms with Crippen LogP contribution in [0.3, 0.4) is 0 Å². The Kier molecular flexibility index (Phi) is 3.92. The fourth-order valence-corrected chi connectivity index (χ4v) is 2.78. The Hall–Kier alpha value is -2.96. The van der Waals surface area contributed by atoms with Crippen molar-refractivity contribution in [1.82, 2.24) is 9.47 Å². The molecule has 1 aromatic heterocycles. The number of carbonyl (C=O) groups is 3. The number of hydrogen-bond acceptors (Lipinski definition) is 3. The van der Waals surface area contributed by atoms with Gasteiger partial charge in [-0.3, -0.25) is 19.4 Å². The summed E-state index contributed by atoms with van der Waals surface area (Å²) < 4.78 is 14.7. The number of aryl methyl sites for hydroxylation is 1. The first-order chi connectivity index (χ1) is 11.4. The Morgan fingerprint density at radius 3 is 2.42 bits per heavy atom. The molecular formula is C17H16FN3O3. The highest BCUT2D eigenvalue weighted by molar-refractivity contribution is 6.16. The average molecular weight is 329 g/mol. The van der Waals surface area contributed by atoms with E-state index < -0.39 is 23.8 Å². The first-order valence-corrected chi connectivity index (χ1v) is 7.45. The van der Waals surface area contributed by atoms with Gasteiger partial charge in [-0.25, -0.2) is 9.18 Å². The van der Waals surface area contributed by atoms with Gasteiger partial charge in [0.15, 0.2) is 5.78 Å². The molecule has 2 heterocycles. The zero-order valence-electron chi connectivity index (χ0n) is 13.3. The maximum absolute atomic E-state index is 13.1. The molecule has 0 radical (unpaired) electrons. The molecule has 7 heteroatoms. The number of halogens is 1. The monoisotopic (exact) mass is 329 g/mol. The summed E-state index contributed by atoms with van der Waals surface area (Å²) in [5.74, 6) is -1.20. The van der Waals surface area contributed by atoms with Gasteiger partial charge >= 0.3 is 6.03 Å². The van der Waals surface area contributed by atoms with Crippen molar-refractivity contribution in [3.63, 3.8) is 0 Å². The van der Waals surface area contributed by atoms with Crippen LogP contribution in [-0.4, -0.2) is 39.8 Å². The van der Waals surface area contributed by atoms with Gasteiger partial charge in [0.1, 0.15) is 11.9 Å². The van der Waals surface area contributed by atoms with Crippen LogP contribution in [0.4, 0.5) is 14.9 Å². The highest BCUT2D eigenvalue weighted by Gasteiger charge is 2.44. The lowest BCUT2D eigenvalue weighted by atomic mass is 10.2. The van der Waals surface area contributed by atoms with Crippen molar-refractivity contribution >= 4 is 23.4 Å². The molecule has 1 unspecified atom stereocenters. The van der Waals surface area contributed by atoms with E-state index in [-0.39, 0.29) is 12.3 Å². The molecule has 1 aliphatic rings. The number of rotatable bonds is 4. The number of benzene rings is 1. The number of imide groups is 1. The minimum Gasteiger partial charge on any atom is -0.348 e. The van der Waals surface area contributed by atoms with E-state index in [0.29, 0.717) is 11.4 Å². The number of hydrogen-bond donors (Lipinski definition) is 0. The molecule has 3 amide bonds. The van der Waals surface area contributed by atoms with Crippen molar-refractivity contribution in [2.45, 2.75) is 13.0 Å². The number of ketones is 1. The van der Waals surface area contributed by atoms with Crippen LogP contribution in [0.1, 0.15) is 17.4 Å². The molecule has 3 rings (SSSR count). The Bertz CT molecular complexity index is 813. The molecule has 0 spiro atoms. The predicted molar refractivity (Wildman–Crippen MR) is 85.2 cm³/mol. The second kappa shape index (κ2) is 5.92. The number of Topliss-reactive ketones (excluding diaryl/α,β-unsaturated/α-hetero) is 1. The third kappa shape index (κ3) is 2.58. The molecule has 1 atom stereocenters. The number of anilines is 1. The normalized spacial score (nSPS) is 17.7. The van der Waals surface area contributed by atoms with Crippen molar-refractivity contribution in [1.29, 1.82) is 0 Å². The summed E-state index contributed by atoms with van der Waals surface area (Å²) in [5, 5.41) is 0. The maximum Gasteiger partial charge on any atom is 0.332 e. The van der Waals surface area contributed by atoms with E-state index in [1.54, 1.807) is 36.9 Å². The second-order valence-electron chi connectivity index (χ2n) is 5.66. The SMILES string of the molecule is CC1C(=O)N(CC(=O)c2cccn2C)C(=O)N1c1ccc(F)cc1. The van der Waals surface area contributed by atoms with Crippen LogP contribution >= 0.6 is 0 Å². The standard InChI is InChI=1S/C17H16FN3O3/c1-11-16(23)20(10-15(22)14-4-3-9-19(14)2)17(24)21(11)13-7-5-12(18)6-8-13/h3-9,11H,10H2,1-2H3. The summed E-state index contributed by atoms with van der Waals surface area (Å²) in [6.07, 6.45) is 1.72. The molecule has 1 saturated heterocycles. The van der Waals surface area contributed by atoms with Crippen LogP contribution in [-0.2, 0) is 11.8 Å². The van der Waals surface area contributed by atoms with Gasteiger partial charge < -0.3 is 4.57 Å². The van der Waals surface area contributed by atoms with Crippen LogP contribution in [0.2, 0.25) is 0 Å². The molecule has 0 bridgehead atoms. The van der Waals surface area contributed by atoms with Crippen LogP contribution in [0.15, 0.2) is 42.6 Å². The lowest BCUT2D eigenvalue weighted by Crippen LogP contribution is -2.37. The third-order valence-corrected chi connectivity index (χ3v) is 4.08. The fraction of sp³-hybridized carbons (Fsp3) is 0.235. The van der Waals surface area contributed by atoms with E-state index in [9.17, 15) is 18.8 Å². The number of amides is 3. The van der Waals surface area contributed by atoms with Crippen molar-refractivity contribution in [3.8, 4) is 0 Å². The zero-order valence-corrected chi connectivity index (χ0v) is 13.3. The zero-order chi connectivity index (χ0) is 17.4. The number of aromatic nitrogens is 1. The molecule has 24 heavy (non-hydrogen) atoms. The van der Waals surface area contributed by atoms with Gasteiger partial charge in [-0.15, -0.1) is 0 Å². The molecule has 6 nitrogen and oxygen atoms in total. The number of carbonyl (C=O) groups excluding carboxylic acids is 3. The molecular weight excluding hydrogens is 313 g/mol. The highest BCUT2D eigenvalue weighted by Crippen LogP contribution is 2.26. The number of urea groups is 1. The Morgan fingerprint density at radius 2 is 1.83 bits per heavy atom. The largest absolute Gasteiger partial charge is 0.348 e. The van der Waals surface area contributed by atoms with Crippen LogP contribution < -0.4 is 4.90 Å². The van der Waals surface area contributed by atoms with E-state index in [2.05, 4.69) is 0 Å². The van der Waals surface area contributed by atoms with Crippen LogP contribution in [0.5, 0.6) is 0 Å². The Balaban J connectivity index is 1.84. The second-order valence-corrected chi connectivity index (χ2v) is 5.66. The molecule has 0 aliphatic carbocycles. The van der Waals surface area contributed by atoms with E-state index in [4.69, 9.17) is 0 Å². The van der Waals surface area contributed by atoms with Gasteiger partial charge in [-0.2, -0.15) is 0 Å². The lowest BCUT2D eigenvalue weighted by Gasteiger charge is -2.19. The molecule has 124 valence electrons. The summed E-state index contributed by atoms with van der Waals surface area (Å²) in [7, 11) is 1.72. The Morgan fingerprint density at radius 1 is 1.17 bits per heavy atom.